The molecule has 2 amide bonds. The van der Waals surface area contributed by atoms with E-state index in [0.717, 1.165) is 45.8 Å². The highest BCUT2D eigenvalue weighted by Crippen LogP contribution is 2.41. The largest absolute Gasteiger partial charge is 0.274 e. The van der Waals surface area contributed by atoms with E-state index in [2.05, 4.69) is 4.98 Å². The normalized spacial score (nSPS) is 21.5. The third-order valence-electron chi connectivity index (χ3n) is 5.82. The number of thiazole rings is 1. The number of imide groups is 1. The number of benzene rings is 2. The van der Waals surface area contributed by atoms with Gasteiger partial charge in [-0.15, -0.1) is 11.3 Å². The molecule has 154 valence electrons. The maximum Gasteiger partial charge on any atom is 0.237 e. The molecule has 1 saturated heterocycles. The molecule has 30 heavy (non-hydrogen) atoms. The summed E-state index contributed by atoms with van der Waals surface area (Å²) in [7, 11) is 0. The van der Waals surface area contributed by atoms with Crippen molar-refractivity contribution >= 4 is 74.0 Å². The van der Waals surface area contributed by atoms with Crippen LogP contribution in [-0.2, 0) is 15.3 Å². The average Bonchev–Trinajstić information content (AvgIpc) is 3.25. The maximum absolute atomic E-state index is 12.9. The molecule has 0 N–H and O–H groups in total. The van der Waals surface area contributed by atoms with Crippen LogP contribution in [0, 0.1) is 11.8 Å². The Balaban J connectivity index is 1.38. The molecule has 2 fully saturated rings. The van der Waals surface area contributed by atoms with Crippen molar-refractivity contribution in [1.82, 2.24) is 4.98 Å². The van der Waals surface area contributed by atoms with Gasteiger partial charge in [-0.25, -0.2) is 4.98 Å². The first-order valence-electron chi connectivity index (χ1n) is 9.86. The lowest BCUT2D eigenvalue weighted by Crippen LogP contribution is -2.30. The van der Waals surface area contributed by atoms with Crippen LogP contribution in [0.25, 0.3) is 10.2 Å². The van der Waals surface area contributed by atoms with Crippen LogP contribution in [0.4, 0.5) is 5.69 Å². The number of carbonyl (C=O) groups is 2. The van der Waals surface area contributed by atoms with Crippen molar-refractivity contribution in [3.05, 3.63) is 52.0 Å². The Hall–Kier alpha value is -1.60. The summed E-state index contributed by atoms with van der Waals surface area (Å²) in [5, 5.41) is 1.26. The molecule has 0 radical (unpaired) electrons. The van der Waals surface area contributed by atoms with Gasteiger partial charge in [0.05, 0.1) is 27.7 Å². The molecule has 5 rings (SSSR count). The number of aromatic nitrogens is 1. The van der Waals surface area contributed by atoms with Crippen LogP contribution < -0.4 is 4.90 Å². The number of nitrogens with zero attached hydrogens (tertiary/aromatic N) is 2. The summed E-state index contributed by atoms with van der Waals surface area (Å²) < 4.78 is 1.88. The van der Waals surface area contributed by atoms with Crippen LogP contribution in [0.2, 0.25) is 10.0 Å². The molecule has 4 nitrogen and oxygen atoms in total. The summed E-state index contributed by atoms with van der Waals surface area (Å²) in [5.41, 5.74) is 2.53. The van der Waals surface area contributed by atoms with Gasteiger partial charge in [0, 0.05) is 15.8 Å². The van der Waals surface area contributed by atoms with Gasteiger partial charge in [0.15, 0.2) is 4.34 Å². The van der Waals surface area contributed by atoms with Crippen LogP contribution >= 0.6 is 46.3 Å². The predicted octanol–water partition coefficient (Wildman–Crippen LogP) is 6.58. The third-order valence-corrected chi connectivity index (χ3v) is 8.61. The zero-order chi connectivity index (χ0) is 20.8. The molecule has 1 saturated carbocycles. The van der Waals surface area contributed by atoms with Gasteiger partial charge >= 0.3 is 0 Å². The second-order valence-corrected chi connectivity index (χ2v) is 10.8. The molecular formula is C22H18Cl2N2O2S2. The number of fused-ring (bicyclic) bond motifs is 2. The fourth-order valence-electron chi connectivity index (χ4n) is 4.29. The number of carbonyl (C=O) groups excluding carboxylic acids is 2. The van der Waals surface area contributed by atoms with Crippen LogP contribution in [0.15, 0.2) is 40.7 Å². The maximum atomic E-state index is 12.9. The van der Waals surface area contributed by atoms with E-state index < -0.39 is 0 Å². The van der Waals surface area contributed by atoms with Crippen LogP contribution in [0.3, 0.4) is 0 Å². The Kier molecular flexibility index (Phi) is 5.52. The summed E-state index contributed by atoms with van der Waals surface area (Å²) in [5.74, 6) is 0.327. The van der Waals surface area contributed by atoms with Crippen LogP contribution in [0.1, 0.15) is 31.2 Å². The van der Waals surface area contributed by atoms with E-state index in [1.54, 1.807) is 29.2 Å². The minimum Gasteiger partial charge on any atom is -0.274 e. The second-order valence-electron chi connectivity index (χ2n) is 7.67. The summed E-state index contributed by atoms with van der Waals surface area (Å²) in [6.07, 6.45) is 3.70. The lowest BCUT2D eigenvalue weighted by atomic mass is 9.81. The van der Waals surface area contributed by atoms with Gasteiger partial charge in [0.1, 0.15) is 0 Å². The van der Waals surface area contributed by atoms with E-state index in [9.17, 15) is 9.59 Å². The zero-order valence-electron chi connectivity index (χ0n) is 15.9. The fourth-order valence-corrected chi connectivity index (χ4v) is 6.95. The van der Waals surface area contributed by atoms with Crippen molar-refractivity contribution in [3.63, 3.8) is 0 Å². The summed E-state index contributed by atoms with van der Waals surface area (Å²) in [6.45, 7) is 0. The molecule has 8 heteroatoms. The smallest absolute Gasteiger partial charge is 0.237 e. The fraction of sp³-hybridized carbons (Fsp3) is 0.318. The van der Waals surface area contributed by atoms with Gasteiger partial charge in [-0.2, -0.15) is 0 Å². The van der Waals surface area contributed by atoms with Crippen molar-refractivity contribution in [1.29, 1.82) is 0 Å². The van der Waals surface area contributed by atoms with Gasteiger partial charge in [-0.05, 0) is 48.7 Å². The molecule has 2 aliphatic rings. The van der Waals surface area contributed by atoms with Crippen molar-refractivity contribution in [2.24, 2.45) is 11.8 Å². The van der Waals surface area contributed by atoms with Crippen LogP contribution in [0.5, 0.6) is 0 Å². The van der Waals surface area contributed by atoms with Gasteiger partial charge in [-0.1, -0.05) is 53.9 Å². The van der Waals surface area contributed by atoms with E-state index in [4.69, 9.17) is 23.2 Å². The Bertz CT molecular complexity index is 1140. The molecule has 0 bridgehead atoms. The standard InChI is InChI=1S/C22H18Cl2N2O2S2/c23-13-6-5-12(17(24)9-13)11-29-22-25-18-8-7-14(10-19(18)30-22)26-20(27)15-3-1-2-4-16(15)21(26)28/h5-10,15-16H,1-4,11H2/t15-,16+. The molecule has 0 spiro atoms. The molecule has 0 unspecified atom stereocenters. The van der Waals surface area contributed by atoms with E-state index in [1.807, 2.05) is 30.3 Å². The number of thioether (sulfide) groups is 1. The minimum atomic E-state index is -0.140. The molecule has 2 atom stereocenters. The number of rotatable bonds is 4. The average molecular weight is 477 g/mol. The highest BCUT2D eigenvalue weighted by Gasteiger charge is 2.48. The molecule has 3 aromatic rings. The Labute approximate surface area is 192 Å². The number of halogens is 2. The van der Waals surface area contributed by atoms with Crippen molar-refractivity contribution < 1.29 is 9.59 Å². The quantitative estimate of drug-likeness (QED) is 0.315. The first-order valence-corrected chi connectivity index (χ1v) is 12.4. The molecule has 1 aliphatic heterocycles. The number of amides is 2. The predicted molar refractivity (Wildman–Crippen MR) is 124 cm³/mol. The second kappa shape index (κ2) is 8.15. The van der Waals surface area contributed by atoms with Gasteiger partial charge in [-0.3, -0.25) is 14.5 Å². The molecule has 2 aromatic carbocycles. The number of anilines is 1. The first-order chi connectivity index (χ1) is 14.5. The molecule has 1 aliphatic carbocycles. The topological polar surface area (TPSA) is 50.3 Å². The third kappa shape index (κ3) is 3.64. The zero-order valence-corrected chi connectivity index (χ0v) is 19.1. The minimum absolute atomic E-state index is 0.0412. The highest BCUT2D eigenvalue weighted by molar-refractivity contribution is 8.00. The molecule has 1 aromatic heterocycles. The lowest BCUT2D eigenvalue weighted by Gasteiger charge is -2.19. The van der Waals surface area contributed by atoms with E-state index in [0.29, 0.717) is 21.5 Å². The van der Waals surface area contributed by atoms with E-state index >= 15 is 0 Å². The van der Waals surface area contributed by atoms with Crippen molar-refractivity contribution in [2.75, 3.05) is 4.90 Å². The highest BCUT2D eigenvalue weighted by atomic mass is 35.5. The van der Waals surface area contributed by atoms with Gasteiger partial charge < -0.3 is 0 Å². The van der Waals surface area contributed by atoms with Gasteiger partial charge in [0.2, 0.25) is 11.8 Å². The number of hydrogen-bond donors (Lipinski definition) is 0. The Morgan fingerprint density at radius 2 is 1.77 bits per heavy atom. The summed E-state index contributed by atoms with van der Waals surface area (Å²) >= 11 is 15.4. The summed E-state index contributed by atoms with van der Waals surface area (Å²) in [4.78, 5) is 31.8. The molecule has 2 heterocycles. The van der Waals surface area contributed by atoms with Crippen molar-refractivity contribution in [3.8, 4) is 0 Å². The SMILES string of the molecule is O=C1[C@H]2CCCC[C@H]2C(=O)N1c1ccc2nc(SCc3ccc(Cl)cc3Cl)sc2c1. The lowest BCUT2D eigenvalue weighted by molar-refractivity contribution is -0.122. The van der Waals surface area contributed by atoms with E-state index in [1.165, 1.54) is 4.90 Å². The number of hydrogen-bond acceptors (Lipinski definition) is 5. The van der Waals surface area contributed by atoms with Crippen molar-refractivity contribution in [2.45, 2.75) is 35.8 Å². The monoisotopic (exact) mass is 476 g/mol. The summed E-state index contributed by atoms with van der Waals surface area (Å²) in [6, 6.07) is 11.1. The Morgan fingerprint density at radius 1 is 1.03 bits per heavy atom. The Morgan fingerprint density at radius 3 is 2.47 bits per heavy atom. The molecular weight excluding hydrogens is 459 g/mol. The van der Waals surface area contributed by atoms with E-state index in [-0.39, 0.29) is 23.7 Å². The van der Waals surface area contributed by atoms with Crippen LogP contribution in [-0.4, -0.2) is 16.8 Å². The first kappa shape index (κ1) is 20.3. The van der Waals surface area contributed by atoms with Gasteiger partial charge in [0.25, 0.3) is 0 Å².